The Balaban J connectivity index is 3.62. The van der Waals surface area contributed by atoms with Gasteiger partial charge in [-0.05, 0) is 12.3 Å². The third-order valence-corrected chi connectivity index (χ3v) is 1.38. The third kappa shape index (κ3) is 2.28. The first-order chi connectivity index (χ1) is 3.48. The zero-order valence-corrected chi connectivity index (χ0v) is 5.93. The molecule has 0 spiro atoms. The molecule has 0 heterocycles. The SMILES string of the molecule is CC(OO)C(C)(C)C. The molecular weight excluding hydrogens is 104 g/mol. The number of hydrogen-bond acceptors (Lipinski definition) is 2. The van der Waals surface area contributed by atoms with Gasteiger partial charge in [-0.25, -0.2) is 4.89 Å². The summed E-state index contributed by atoms with van der Waals surface area (Å²) >= 11 is 0. The van der Waals surface area contributed by atoms with Crippen LogP contribution in [0.1, 0.15) is 27.7 Å². The van der Waals surface area contributed by atoms with Gasteiger partial charge in [0.25, 0.3) is 0 Å². The van der Waals surface area contributed by atoms with Crippen molar-refractivity contribution >= 4 is 0 Å². The molecule has 1 unspecified atom stereocenters. The Kier molecular flexibility index (Phi) is 2.44. The van der Waals surface area contributed by atoms with Crippen molar-refractivity contribution in [1.82, 2.24) is 0 Å². The molecule has 0 aromatic heterocycles. The van der Waals surface area contributed by atoms with Gasteiger partial charge in [-0.2, -0.15) is 0 Å². The molecule has 0 aromatic rings. The predicted octanol–water partition coefficient (Wildman–Crippen LogP) is 1.91. The van der Waals surface area contributed by atoms with Crippen molar-refractivity contribution in [2.24, 2.45) is 5.41 Å². The molecule has 0 aliphatic carbocycles. The van der Waals surface area contributed by atoms with Crippen molar-refractivity contribution in [3.8, 4) is 0 Å². The summed E-state index contributed by atoms with van der Waals surface area (Å²) in [7, 11) is 0. The summed E-state index contributed by atoms with van der Waals surface area (Å²) in [6.07, 6.45) is -0.0949. The summed E-state index contributed by atoms with van der Waals surface area (Å²) < 4.78 is 0. The molecule has 0 aliphatic rings. The molecule has 0 amide bonds. The molecule has 0 radical (unpaired) electrons. The predicted molar refractivity (Wildman–Crippen MR) is 32.6 cm³/mol. The normalized spacial score (nSPS) is 16.1. The molecule has 0 aromatic carbocycles. The minimum absolute atomic E-state index is 0.0365. The Bertz CT molecular complexity index is 63.4. The van der Waals surface area contributed by atoms with Gasteiger partial charge in [-0.15, -0.1) is 0 Å². The second-order valence-electron chi connectivity index (χ2n) is 3.11. The van der Waals surface area contributed by atoms with Gasteiger partial charge in [0.15, 0.2) is 0 Å². The lowest BCUT2D eigenvalue weighted by Crippen LogP contribution is -2.24. The first-order valence-corrected chi connectivity index (χ1v) is 2.78. The summed E-state index contributed by atoms with van der Waals surface area (Å²) in [6, 6.07) is 0. The molecule has 50 valence electrons. The van der Waals surface area contributed by atoms with Gasteiger partial charge in [0.1, 0.15) is 0 Å². The van der Waals surface area contributed by atoms with Gasteiger partial charge in [0, 0.05) is 0 Å². The summed E-state index contributed by atoms with van der Waals surface area (Å²) in [5.41, 5.74) is 0.0365. The maximum atomic E-state index is 8.17. The van der Waals surface area contributed by atoms with Crippen LogP contribution in [0.15, 0.2) is 0 Å². The zero-order valence-electron chi connectivity index (χ0n) is 5.93. The lowest BCUT2D eigenvalue weighted by atomic mass is 9.91. The Morgan fingerprint density at radius 1 is 1.38 bits per heavy atom. The standard InChI is InChI=1S/C6H14O2/c1-5(8-7)6(2,3)4/h5,7H,1-4H3. The van der Waals surface area contributed by atoms with Gasteiger partial charge >= 0.3 is 0 Å². The lowest BCUT2D eigenvalue weighted by Gasteiger charge is -2.23. The van der Waals surface area contributed by atoms with E-state index in [0.29, 0.717) is 0 Å². The molecule has 0 saturated carbocycles. The van der Waals surface area contributed by atoms with E-state index in [4.69, 9.17) is 5.26 Å². The average Bonchev–Trinajstić information content (AvgIpc) is 1.62. The Hall–Kier alpha value is -0.0800. The van der Waals surface area contributed by atoms with E-state index in [1.807, 2.05) is 27.7 Å². The highest BCUT2D eigenvalue weighted by Crippen LogP contribution is 2.20. The van der Waals surface area contributed by atoms with Gasteiger partial charge in [0.2, 0.25) is 0 Å². The van der Waals surface area contributed by atoms with Crippen LogP contribution in [0.5, 0.6) is 0 Å². The largest absolute Gasteiger partial charge is 0.252 e. The van der Waals surface area contributed by atoms with Gasteiger partial charge in [-0.1, -0.05) is 20.8 Å². The van der Waals surface area contributed by atoms with Crippen LogP contribution in [0, 0.1) is 5.41 Å². The molecule has 1 N–H and O–H groups in total. The van der Waals surface area contributed by atoms with E-state index < -0.39 is 0 Å². The quantitative estimate of drug-likeness (QED) is 0.421. The van der Waals surface area contributed by atoms with Crippen molar-refractivity contribution in [2.75, 3.05) is 0 Å². The van der Waals surface area contributed by atoms with Crippen molar-refractivity contribution in [3.05, 3.63) is 0 Å². The van der Waals surface area contributed by atoms with Crippen molar-refractivity contribution < 1.29 is 10.1 Å². The molecule has 0 rings (SSSR count). The average molecular weight is 118 g/mol. The minimum Gasteiger partial charge on any atom is -0.252 e. The number of rotatable bonds is 1. The molecule has 0 aliphatic heterocycles. The second-order valence-corrected chi connectivity index (χ2v) is 3.11. The fraction of sp³-hybridized carbons (Fsp3) is 1.00. The van der Waals surface area contributed by atoms with Crippen molar-refractivity contribution in [3.63, 3.8) is 0 Å². The molecule has 0 bridgehead atoms. The van der Waals surface area contributed by atoms with Gasteiger partial charge < -0.3 is 0 Å². The van der Waals surface area contributed by atoms with Crippen LogP contribution in [0.4, 0.5) is 0 Å². The Morgan fingerprint density at radius 2 is 1.75 bits per heavy atom. The summed E-state index contributed by atoms with van der Waals surface area (Å²) in [5.74, 6) is 0. The van der Waals surface area contributed by atoms with E-state index in [2.05, 4.69) is 4.89 Å². The van der Waals surface area contributed by atoms with E-state index in [9.17, 15) is 0 Å². The van der Waals surface area contributed by atoms with Crippen LogP contribution in [-0.4, -0.2) is 11.4 Å². The highest BCUT2D eigenvalue weighted by Gasteiger charge is 2.20. The van der Waals surface area contributed by atoms with E-state index in [0.717, 1.165) is 0 Å². The van der Waals surface area contributed by atoms with Crippen molar-refractivity contribution in [2.45, 2.75) is 33.8 Å². The van der Waals surface area contributed by atoms with Crippen LogP contribution in [-0.2, 0) is 4.89 Å². The molecular formula is C6H14O2. The van der Waals surface area contributed by atoms with E-state index in [1.54, 1.807) is 0 Å². The van der Waals surface area contributed by atoms with E-state index in [1.165, 1.54) is 0 Å². The maximum Gasteiger partial charge on any atom is 0.0947 e. The van der Waals surface area contributed by atoms with Crippen molar-refractivity contribution in [1.29, 1.82) is 0 Å². The molecule has 2 heteroatoms. The fourth-order valence-electron chi connectivity index (χ4n) is 0.158. The lowest BCUT2D eigenvalue weighted by molar-refractivity contribution is -0.294. The Morgan fingerprint density at radius 3 is 1.75 bits per heavy atom. The smallest absolute Gasteiger partial charge is 0.0947 e. The van der Waals surface area contributed by atoms with Crippen LogP contribution >= 0.6 is 0 Å². The van der Waals surface area contributed by atoms with Crippen LogP contribution in [0.2, 0.25) is 0 Å². The topological polar surface area (TPSA) is 29.5 Å². The second kappa shape index (κ2) is 2.46. The minimum atomic E-state index is -0.0949. The maximum absolute atomic E-state index is 8.17. The summed E-state index contributed by atoms with van der Waals surface area (Å²) in [5, 5.41) is 8.17. The van der Waals surface area contributed by atoms with Crippen LogP contribution < -0.4 is 0 Å². The summed E-state index contributed by atoms with van der Waals surface area (Å²) in [4.78, 5) is 4.11. The molecule has 0 saturated heterocycles. The van der Waals surface area contributed by atoms with Crippen LogP contribution in [0.3, 0.4) is 0 Å². The zero-order chi connectivity index (χ0) is 6.78. The highest BCUT2D eigenvalue weighted by molar-refractivity contribution is 4.67. The van der Waals surface area contributed by atoms with Gasteiger partial charge in [-0.3, -0.25) is 5.26 Å². The molecule has 0 fully saturated rings. The molecule has 2 nitrogen and oxygen atoms in total. The highest BCUT2D eigenvalue weighted by atomic mass is 17.1. The fourth-order valence-corrected chi connectivity index (χ4v) is 0.158. The van der Waals surface area contributed by atoms with E-state index in [-0.39, 0.29) is 11.5 Å². The Labute approximate surface area is 50.4 Å². The van der Waals surface area contributed by atoms with E-state index >= 15 is 0 Å². The summed E-state index contributed by atoms with van der Waals surface area (Å²) in [6.45, 7) is 7.86. The first-order valence-electron chi connectivity index (χ1n) is 2.78. The number of hydrogen-bond donors (Lipinski definition) is 1. The first kappa shape index (κ1) is 7.92. The molecule has 1 atom stereocenters. The van der Waals surface area contributed by atoms with Gasteiger partial charge in [0.05, 0.1) is 6.10 Å². The monoisotopic (exact) mass is 118 g/mol. The molecule has 8 heavy (non-hydrogen) atoms. The third-order valence-electron chi connectivity index (χ3n) is 1.38. The van der Waals surface area contributed by atoms with Crippen LogP contribution in [0.25, 0.3) is 0 Å².